The predicted molar refractivity (Wildman–Crippen MR) is 38.3 cm³/mol. The number of nitriles is 1. The van der Waals surface area contributed by atoms with Gasteiger partial charge in [-0.1, -0.05) is 0 Å². The lowest BCUT2D eigenvalue weighted by Gasteiger charge is -2.42. The van der Waals surface area contributed by atoms with Crippen LogP contribution in [0.5, 0.6) is 0 Å². The molecule has 1 rings (SSSR count). The van der Waals surface area contributed by atoms with E-state index < -0.39 is 36.6 Å². The molecule has 0 aromatic heterocycles. The molecule has 0 aromatic rings. The van der Waals surface area contributed by atoms with Crippen molar-refractivity contribution in [2.45, 2.75) is 6.18 Å². The van der Waals surface area contributed by atoms with Gasteiger partial charge in [-0.15, -0.1) is 0 Å². The number of amides is 1. The Kier molecular flexibility index (Phi) is 2.35. The number of alkyl halides is 3. The van der Waals surface area contributed by atoms with Crippen LogP contribution in [-0.4, -0.2) is 41.1 Å². The van der Waals surface area contributed by atoms with Crippen molar-refractivity contribution in [3.05, 3.63) is 0 Å². The second-order valence-corrected chi connectivity index (χ2v) is 3.16. The van der Waals surface area contributed by atoms with Gasteiger partial charge in [-0.05, 0) is 0 Å². The Morgan fingerprint density at radius 2 is 1.87 bits per heavy atom. The molecule has 0 saturated carbocycles. The maximum atomic E-state index is 11.9. The molecular formula is C7H5F3N2O3. The average molecular weight is 222 g/mol. The summed E-state index contributed by atoms with van der Waals surface area (Å²) in [5.41, 5.74) is -1.89. The van der Waals surface area contributed by atoms with E-state index in [1.807, 2.05) is 0 Å². The van der Waals surface area contributed by atoms with Gasteiger partial charge in [0.25, 0.3) is 0 Å². The molecule has 1 N–H and O–H groups in total. The van der Waals surface area contributed by atoms with Crippen LogP contribution < -0.4 is 0 Å². The summed E-state index contributed by atoms with van der Waals surface area (Å²) in [5, 5.41) is 17.0. The summed E-state index contributed by atoms with van der Waals surface area (Å²) in [4.78, 5) is 21.4. The van der Waals surface area contributed by atoms with Crippen LogP contribution in [-0.2, 0) is 9.59 Å². The minimum Gasteiger partial charge on any atom is -0.480 e. The second kappa shape index (κ2) is 3.12. The number of hydrogen-bond donors (Lipinski definition) is 1. The Morgan fingerprint density at radius 3 is 2.13 bits per heavy atom. The molecule has 5 nitrogen and oxygen atoms in total. The van der Waals surface area contributed by atoms with E-state index in [4.69, 9.17) is 10.4 Å². The van der Waals surface area contributed by atoms with Gasteiger partial charge in [0.05, 0.1) is 19.2 Å². The molecule has 0 atom stereocenters. The van der Waals surface area contributed by atoms with Crippen molar-refractivity contribution >= 4 is 11.9 Å². The summed E-state index contributed by atoms with van der Waals surface area (Å²) >= 11 is 0. The average Bonchev–Trinajstić information content (AvgIpc) is 2.00. The van der Waals surface area contributed by atoms with Crippen molar-refractivity contribution in [3.8, 4) is 6.07 Å². The molecule has 1 fully saturated rings. The zero-order valence-electron chi connectivity index (χ0n) is 7.21. The number of carboxylic acid groups (broad SMARTS) is 1. The van der Waals surface area contributed by atoms with E-state index in [1.165, 1.54) is 6.07 Å². The van der Waals surface area contributed by atoms with Gasteiger partial charge in [0, 0.05) is 0 Å². The van der Waals surface area contributed by atoms with Crippen LogP contribution in [0.2, 0.25) is 0 Å². The van der Waals surface area contributed by atoms with Crippen LogP contribution in [0.4, 0.5) is 13.2 Å². The normalized spacial score (nSPS) is 18.9. The van der Waals surface area contributed by atoms with Crippen molar-refractivity contribution in [2.24, 2.45) is 5.41 Å². The minimum absolute atomic E-state index is 0.289. The largest absolute Gasteiger partial charge is 0.480 e. The lowest BCUT2D eigenvalue weighted by Crippen LogP contribution is -2.63. The zero-order valence-corrected chi connectivity index (χ0v) is 7.21. The summed E-state index contributed by atoms with van der Waals surface area (Å²) in [7, 11) is 0. The first-order chi connectivity index (χ1) is 6.73. The highest BCUT2D eigenvalue weighted by Gasteiger charge is 2.57. The van der Waals surface area contributed by atoms with Gasteiger partial charge in [0.2, 0.25) is 0 Å². The van der Waals surface area contributed by atoms with Crippen molar-refractivity contribution in [2.75, 3.05) is 13.1 Å². The Balaban J connectivity index is 2.69. The first-order valence-corrected chi connectivity index (χ1v) is 3.74. The molecule has 1 saturated heterocycles. The topological polar surface area (TPSA) is 81.4 Å². The van der Waals surface area contributed by atoms with Crippen molar-refractivity contribution < 1.29 is 27.9 Å². The lowest BCUT2D eigenvalue weighted by atomic mass is 9.81. The molecule has 82 valence electrons. The lowest BCUT2D eigenvalue weighted by molar-refractivity contribution is -0.196. The minimum atomic E-state index is -5.03. The van der Waals surface area contributed by atoms with Gasteiger partial charge in [-0.3, -0.25) is 9.59 Å². The van der Waals surface area contributed by atoms with E-state index in [-0.39, 0.29) is 4.90 Å². The Labute approximate surface area is 81.7 Å². The van der Waals surface area contributed by atoms with Crippen LogP contribution in [0.1, 0.15) is 0 Å². The summed E-state index contributed by atoms with van der Waals surface area (Å²) in [6.07, 6.45) is -5.03. The van der Waals surface area contributed by atoms with Crippen LogP contribution in [0.3, 0.4) is 0 Å². The number of likely N-dealkylation sites (tertiary alicyclic amines) is 1. The Bertz CT molecular complexity index is 351. The smallest absolute Gasteiger partial charge is 0.471 e. The fourth-order valence-corrected chi connectivity index (χ4v) is 1.18. The first-order valence-electron chi connectivity index (χ1n) is 3.74. The molecule has 1 aliphatic rings. The third kappa shape index (κ3) is 1.72. The molecule has 0 aromatic carbocycles. The molecule has 1 heterocycles. The highest BCUT2D eigenvalue weighted by molar-refractivity contribution is 5.88. The molecule has 1 amide bonds. The fraction of sp³-hybridized carbons (Fsp3) is 0.571. The molecule has 0 bridgehead atoms. The van der Waals surface area contributed by atoms with Crippen LogP contribution in [0.25, 0.3) is 0 Å². The number of carbonyl (C=O) groups excluding carboxylic acids is 1. The van der Waals surface area contributed by atoms with E-state index in [0.717, 1.165) is 0 Å². The van der Waals surface area contributed by atoms with Gasteiger partial charge < -0.3 is 10.0 Å². The van der Waals surface area contributed by atoms with E-state index >= 15 is 0 Å². The third-order valence-electron chi connectivity index (χ3n) is 2.07. The highest BCUT2D eigenvalue weighted by atomic mass is 19.4. The molecule has 0 spiro atoms. The number of hydrogen-bond acceptors (Lipinski definition) is 3. The molecule has 0 unspecified atom stereocenters. The standard InChI is InChI=1S/C7H5F3N2O3/c8-7(9,10)4(13)12-2-6(1-11,3-12)5(14)15/h2-3H2,(H,14,15). The maximum absolute atomic E-state index is 11.9. The van der Waals surface area contributed by atoms with Crippen molar-refractivity contribution in [3.63, 3.8) is 0 Å². The fourth-order valence-electron chi connectivity index (χ4n) is 1.18. The zero-order chi connectivity index (χ0) is 11.9. The number of carboxylic acids is 1. The molecule has 15 heavy (non-hydrogen) atoms. The number of halogens is 3. The van der Waals surface area contributed by atoms with Crippen molar-refractivity contribution in [1.82, 2.24) is 4.90 Å². The van der Waals surface area contributed by atoms with E-state index in [9.17, 15) is 22.8 Å². The van der Waals surface area contributed by atoms with Gasteiger partial charge in [0.1, 0.15) is 0 Å². The van der Waals surface area contributed by atoms with E-state index in [1.54, 1.807) is 0 Å². The van der Waals surface area contributed by atoms with Crippen LogP contribution >= 0.6 is 0 Å². The third-order valence-corrected chi connectivity index (χ3v) is 2.07. The van der Waals surface area contributed by atoms with Gasteiger partial charge in [-0.2, -0.15) is 18.4 Å². The number of nitrogens with zero attached hydrogens (tertiary/aromatic N) is 2. The molecule has 8 heteroatoms. The molecule has 0 radical (unpaired) electrons. The summed E-state index contributed by atoms with van der Waals surface area (Å²) in [6, 6.07) is 1.39. The van der Waals surface area contributed by atoms with Crippen molar-refractivity contribution in [1.29, 1.82) is 5.26 Å². The van der Waals surface area contributed by atoms with Crippen LogP contribution in [0, 0.1) is 16.7 Å². The van der Waals surface area contributed by atoms with E-state index in [2.05, 4.69) is 0 Å². The quantitative estimate of drug-likeness (QED) is 0.676. The molecule has 0 aliphatic carbocycles. The molecule has 1 aliphatic heterocycles. The SMILES string of the molecule is N#CC1(C(=O)O)CN(C(=O)C(F)(F)F)C1. The van der Waals surface area contributed by atoms with Gasteiger partial charge in [0.15, 0.2) is 5.41 Å². The maximum Gasteiger partial charge on any atom is 0.471 e. The van der Waals surface area contributed by atoms with Crippen LogP contribution in [0.15, 0.2) is 0 Å². The summed E-state index contributed by atoms with van der Waals surface area (Å²) < 4.78 is 35.6. The predicted octanol–water partition coefficient (Wildman–Crippen LogP) is -0.0145. The van der Waals surface area contributed by atoms with Gasteiger partial charge in [-0.25, -0.2) is 0 Å². The summed E-state index contributed by atoms with van der Waals surface area (Å²) in [6.45, 7) is -1.45. The summed E-state index contributed by atoms with van der Waals surface area (Å²) in [5.74, 6) is -3.63. The monoisotopic (exact) mass is 222 g/mol. The molecular weight excluding hydrogens is 217 g/mol. The van der Waals surface area contributed by atoms with Gasteiger partial charge >= 0.3 is 18.1 Å². The Hall–Kier alpha value is -1.78. The number of carbonyl (C=O) groups is 2. The van der Waals surface area contributed by atoms with E-state index in [0.29, 0.717) is 0 Å². The number of aliphatic carboxylic acids is 1. The Morgan fingerprint density at radius 1 is 1.40 bits per heavy atom. The number of rotatable bonds is 1. The second-order valence-electron chi connectivity index (χ2n) is 3.16. The highest BCUT2D eigenvalue weighted by Crippen LogP contribution is 2.33. The first kappa shape index (κ1) is 11.3.